The number of nitrogens with zero attached hydrogens (tertiary/aromatic N) is 2. The summed E-state index contributed by atoms with van der Waals surface area (Å²) in [6, 6.07) is 9.27. The Morgan fingerprint density at radius 1 is 1.12 bits per heavy atom. The summed E-state index contributed by atoms with van der Waals surface area (Å²) in [5, 5.41) is 6.58. The molecule has 5 rings (SSSR count). The highest BCUT2D eigenvalue weighted by Crippen LogP contribution is 2.29. The molecule has 0 spiro atoms. The zero-order valence-electron chi connectivity index (χ0n) is 17.5. The quantitative estimate of drug-likeness (QED) is 0.544. The lowest BCUT2D eigenvalue weighted by molar-refractivity contribution is -0.142. The van der Waals surface area contributed by atoms with Crippen LogP contribution in [0, 0.1) is 0 Å². The third-order valence-corrected chi connectivity index (χ3v) is 5.98. The van der Waals surface area contributed by atoms with Crippen LogP contribution in [0.2, 0.25) is 0 Å². The minimum Gasteiger partial charge on any atom is -0.346 e. The summed E-state index contributed by atoms with van der Waals surface area (Å²) < 4.78 is 0. The number of carbonyl (C=O) groups excluding carboxylic acids is 3. The van der Waals surface area contributed by atoms with Crippen LogP contribution in [0.3, 0.4) is 0 Å². The molecule has 0 saturated heterocycles. The van der Waals surface area contributed by atoms with Gasteiger partial charge in [0.1, 0.15) is 5.65 Å². The zero-order chi connectivity index (χ0) is 22.1. The molecule has 0 atom stereocenters. The Labute approximate surface area is 184 Å². The number of rotatable bonds is 2. The van der Waals surface area contributed by atoms with Crippen molar-refractivity contribution in [1.82, 2.24) is 14.9 Å². The van der Waals surface area contributed by atoms with Crippen LogP contribution in [0.5, 0.6) is 0 Å². The lowest BCUT2D eigenvalue weighted by atomic mass is 9.99. The number of nitrogens with one attached hydrogen (secondary N) is 3. The Morgan fingerprint density at radius 2 is 2.03 bits per heavy atom. The molecular weight excluding hydrogens is 406 g/mol. The zero-order valence-corrected chi connectivity index (χ0v) is 17.5. The Hall–Kier alpha value is -3.94. The van der Waals surface area contributed by atoms with E-state index in [9.17, 15) is 14.4 Å². The molecule has 0 unspecified atom stereocenters. The molecule has 3 aromatic rings. The third-order valence-electron chi connectivity index (χ3n) is 5.98. The van der Waals surface area contributed by atoms with Gasteiger partial charge in [-0.15, -0.1) is 0 Å². The summed E-state index contributed by atoms with van der Waals surface area (Å²) in [6.45, 7) is 0.833. The van der Waals surface area contributed by atoms with Crippen molar-refractivity contribution in [2.24, 2.45) is 0 Å². The second-order valence-electron chi connectivity index (χ2n) is 8.06. The van der Waals surface area contributed by atoms with Crippen LogP contribution in [0.25, 0.3) is 16.6 Å². The van der Waals surface area contributed by atoms with Crippen molar-refractivity contribution in [3.63, 3.8) is 0 Å². The molecule has 2 aliphatic heterocycles. The topological polar surface area (TPSA) is 107 Å². The average molecular weight is 429 g/mol. The average Bonchev–Trinajstić information content (AvgIpc) is 3.15. The van der Waals surface area contributed by atoms with Gasteiger partial charge in [-0.3, -0.25) is 14.4 Å². The van der Waals surface area contributed by atoms with Gasteiger partial charge in [0.15, 0.2) is 0 Å². The Kier molecular flexibility index (Phi) is 5.18. The van der Waals surface area contributed by atoms with Crippen LogP contribution in [0.1, 0.15) is 30.4 Å². The van der Waals surface area contributed by atoms with Crippen molar-refractivity contribution < 1.29 is 14.4 Å². The van der Waals surface area contributed by atoms with Gasteiger partial charge in [-0.05, 0) is 54.7 Å². The number of aryl methyl sites for hydroxylation is 1. The van der Waals surface area contributed by atoms with Crippen LogP contribution < -0.4 is 10.6 Å². The van der Waals surface area contributed by atoms with Crippen molar-refractivity contribution in [3.05, 3.63) is 59.9 Å². The fourth-order valence-corrected chi connectivity index (χ4v) is 4.29. The first-order valence-electron chi connectivity index (χ1n) is 10.7. The van der Waals surface area contributed by atoms with Crippen LogP contribution in [-0.4, -0.2) is 45.7 Å². The molecule has 8 heteroatoms. The minimum atomic E-state index is -0.682. The second-order valence-corrected chi connectivity index (χ2v) is 8.06. The number of aromatic nitrogens is 2. The number of hydrogen-bond acceptors (Lipinski definition) is 4. The normalized spacial score (nSPS) is 16.1. The van der Waals surface area contributed by atoms with E-state index < -0.39 is 11.8 Å². The number of anilines is 2. The van der Waals surface area contributed by atoms with E-state index in [1.807, 2.05) is 30.5 Å². The van der Waals surface area contributed by atoms with Crippen molar-refractivity contribution >= 4 is 45.7 Å². The number of fused-ring (bicyclic) bond motifs is 2. The molecule has 1 aromatic carbocycles. The van der Waals surface area contributed by atoms with Gasteiger partial charge in [0, 0.05) is 54.2 Å². The van der Waals surface area contributed by atoms with Crippen molar-refractivity contribution in [1.29, 1.82) is 0 Å². The summed E-state index contributed by atoms with van der Waals surface area (Å²) in [4.78, 5) is 46.1. The van der Waals surface area contributed by atoms with E-state index in [4.69, 9.17) is 0 Å². The van der Waals surface area contributed by atoms with Crippen LogP contribution >= 0.6 is 0 Å². The second kappa shape index (κ2) is 8.30. The molecule has 0 saturated carbocycles. The van der Waals surface area contributed by atoms with Crippen molar-refractivity contribution in [2.75, 3.05) is 23.7 Å². The lowest BCUT2D eigenvalue weighted by Gasteiger charge is -2.26. The first-order chi connectivity index (χ1) is 15.6. The summed E-state index contributed by atoms with van der Waals surface area (Å²) in [5.74, 6) is -1.29. The summed E-state index contributed by atoms with van der Waals surface area (Å²) >= 11 is 0. The van der Waals surface area contributed by atoms with Gasteiger partial charge in [-0.1, -0.05) is 12.1 Å². The fourth-order valence-electron chi connectivity index (χ4n) is 4.29. The van der Waals surface area contributed by atoms with E-state index in [1.165, 1.54) is 4.90 Å². The fraction of sp³-hybridized carbons (Fsp3) is 0.250. The Morgan fingerprint density at radius 3 is 2.88 bits per heavy atom. The van der Waals surface area contributed by atoms with Gasteiger partial charge < -0.3 is 20.5 Å². The maximum Gasteiger partial charge on any atom is 0.313 e. The molecule has 0 fully saturated rings. The number of H-pyrrole nitrogens is 1. The molecule has 0 bridgehead atoms. The van der Waals surface area contributed by atoms with Gasteiger partial charge in [-0.25, -0.2) is 4.98 Å². The van der Waals surface area contributed by atoms with E-state index in [0.717, 1.165) is 40.6 Å². The Balaban J connectivity index is 1.25. The standard InChI is InChI=1S/C24H23N5O3/c30-21-5-1-3-16-6-7-17(13-20(16)28-21)27-23(31)24(32)29-11-8-15(9-12-29)19-14-26-22-18(19)4-2-10-25-22/h2,4,6-8,10,13-14H,1,3,5,9,11-12H2,(H,25,26)(H,27,31)(H,28,30). The van der Waals surface area contributed by atoms with Gasteiger partial charge >= 0.3 is 11.8 Å². The van der Waals surface area contributed by atoms with Gasteiger partial charge in [0.25, 0.3) is 0 Å². The predicted molar refractivity (Wildman–Crippen MR) is 122 cm³/mol. The van der Waals surface area contributed by atoms with Gasteiger partial charge in [-0.2, -0.15) is 0 Å². The van der Waals surface area contributed by atoms with E-state index in [1.54, 1.807) is 18.3 Å². The van der Waals surface area contributed by atoms with Crippen LogP contribution in [0.4, 0.5) is 11.4 Å². The number of carbonyl (C=O) groups is 3. The molecule has 4 heterocycles. The molecule has 0 radical (unpaired) electrons. The van der Waals surface area contributed by atoms with Crippen molar-refractivity contribution in [2.45, 2.75) is 25.7 Å². The third kappa shape index (κ3) is 3.87. The number of pyridine rings is 1. The number of hydrogen-bond donors (Lipinski definition) is 3. The molecule has 32 heavy (non-hydrogen) atoms. The molecular formula is C24H23N5O3. The predicted octanol–water partition coefficient (Wildman–Crippen LogP) is 3.09. The van der Waals surface area contributed by atoms with E-state index in [-0.39, 0.29) is 5.91 Å². The number of aromatic amines is 1. The maximum atomic E-state index is 12.7. The molecule has 0 aliphatic carbocycles. The molecule has 2 aromatic heterocycles. The molecule has 162 valence electrons. The summed E-state index contributed by atoms with van der Waals surface area (Å²) in [5.41, 5.74) is 5.26. The van der Waals surface area contributed by atoms with Crippen LogP contribution in [-0.2, 0) is 20.8 Å². The van der Waals surface area contributed by atoms with Gasteiger partial charge in [0.2, 0.25) is 5.91 Å². The highest BCUT2D eigenvalue weighted by atomic mass is 16.2. The number of benzene rings is 1. The Bertz CT molecular complexity index is 1260. The number of amides is 3. The highest BCUT2D eigenvalue weighted by molar-refractivity contribution is 6.39. The SMILES string of the molecule is O=C1CCCc2ccc(NC(=O)C(=O)N3CC=C(c4c[nH]c5ncccc45)CC3)cc2N1. The monoisotopic (exact) mass is 429 g/mol. The largest absolute Gasteiger partial charge is 0.346 e. The molecule has 2 aliphatic rings. The van der Waals surface area contributed by atoms with E-state index in [2.05, 4.69) is 20.6 Å². The first kappa shape index (κ1) is 20.0. The minimum absolute atomic E-state index is 0.0369. The van der Waals surface area contributed by atoms with Gasteiger partial charge in [0.05, 0.1) is 0 Å². The maximum absolute atomic E-state index is 12.7. The molecule has 8 nitrogen and oxygen atoms in total. The summed E-state index contributed by atoms with van der Waals surface area (Å²) in [7, 11) is 0. The molecule has 3 N–H and O–H groups in total. The van der Waals surface area contributed by atoms with Crippen LogP contribution in [0.15, 0.2) is 48.8 Å². The summed E-state index contributed by atoms with van der Waals surface area (Å²) in [6.07, 6.45) is 8.40. The van der Waals surface area contributed by atoms with E-state index >= 15 is 0 Å². The van der Waals surface area contributed by atoms with E-state index in [0.29, 0.717) is 37.3 Å². The smallest absolute Gasteiger partial charge is 0.313 e. The molecule has 3 amide bonds. The lowest BCUT2D eigenvalue weighted by Crippen LogP contribution is -2.41. The highest BCUT2D eigenvalue weighted by Gasteiger charge is 2.25. The first-order valence-corrected chi connectivity index (χ1v) is 10.7. The van der Waals surface area contributed by atoms with Crippen molar-refractivity contribution in [3.8, 4) is 0 Å².